The minimum absolute atomic E-state index is 0.0888. The van der Waals surface area contributed by atoms with Crippen molar-refractivity contribution < 1.29 is 17.9 Å². The first-order chi connectivity index (χ1) is 7.95. The molecule has 2 rings (SSSR count). The maximum absolute atomic E-state index is 11.8. The first-order valence-corrected chi connectivity index (χ1v) is 6.61. The SMILES string of the molecule is CCOC1(S(N)(=O)=O)C(=O)C1c1ccccn1. The monoisotopic (exact) mass is 256 g/mol. The normalized spacial score (nSPS) is 28.1. The second-order valence-electron chi connectivity index (χ2n) is 3.70. The Bertz CT molecular complexity index is 543. The lowest BCUT2D eigenvalue weighted by atomic mass is 10.2. The Kier molecular flexibility index (Phi) is 2.76. The van der Waals surface area contributed by atoms with Crippen LogP contribution in [0.25, 0.3) is 0 Å². The molecular formula is C10H12N2O4S. The summed E-state index contributed by atoms with van der Waals surface area (Å²) in [6.45, 7) is 1.69. The number of hydrogen-bond acceptors (Lipinski definition) is 5. The highest BCUT2D eigenvalue weighted by atomic mass is 32.2. The summed E-state index contributed by atoms with van der Waals surface area (Å²) in [6.07, 6.45) is 1.49. The van der Waals surface area contributed by atoms with Crippen molar-refractivity contribution >= 4 is 15.8 Å². The number of Topliss-reactive ketones (excluding diaryl/α,β-unsaturated/α-hetero) is 1. The molecule has 0 spiro atoms. The maximum atomic E-state index is 11.8. The van der Waals surface area contributed by atoms with Gasteiger partial charge in [-0.2, -0.15) is 0 Å². The smallest absolute Gasteiger partial charge is 0.257 e. The number of aromatic nitrogens is 1. The van der Waals surface area contributed by atoms with Gasteiger partial charge in [0.2, 0.25) is 10.0 Å². The lowest BCUT2D eigenvalue weighted by Crippen LogP contribution is -2.36. The van der Waals surface area contributed by atoms with Crippen molar-refractivity contribution in [2.24, 2.45) is 5.14 Å². The van der Waals surface area contributed by atoms with E-state index in [-0.39, 0.29) is 6.61 Å². The summed E-state index contributed by atoms with van der Waals surface area (Å²) in [5.41, 5.74) is 0.361. The van der Waals surface area contributed by atoms with E-state index in [9.17, 15) is 13.2 Å². The number of nitrogens with zero attached hydrogens (tertiary/aromatic N) is 1. The third kappa shape index (κ3) is 1.67. The van der Waals surface area contributed by atoms with E-state index in [1.54, 1.807) is 25.1 Å². The van der Waals surface area contributed by atoms with E-state index >= 15 is 0 Å². The predicted molar refractivity (Wildman–Crippen MR) is 59.4 cm³/mol. The molecule has 0 aromatic carbocycles. The van der Waals surface area contributed by atoms with E-state index < -0.39 is 26.7 Å². The average Bonchev–Trinajstić information content (AvgIpc) is 2.86. The van der Waals surface area contributed by atoms with E-state index in [2.05, 4.69) is 4.98 Å². The van der Waals surface area contributed by atoms with Crippen LogP contribution in [0.3, 0.4) is 0 Å². The second kappa shape index (κ2) is 3.86. The van der Waals surface area contributed by atoms with Gasteiger partial charge in [-0.1, -0.05) is 6.07 Å². The van der Waals surface area contributed by atoms with E-state index in [1.807, 2.05) is 0 Å². The van der Waals surface area contributed by atoms with Gasteiger partial charge < -0.3 is 4.74 Å². The molecule has 0 bridgehead atoms. The molecule has 0 saturated heterocycles. The summed E-state index contributed by atoms with van der Waals surface area (Å²) in [6, 6.07) is 4.93. The third-order valence-electron chi connectivity index (χ3n) is 2.67. The maximum Gasteiger partial charge on any atom is 0.257 e. The van der Waals surface area contributed by atoms with Gasteiger partial charge in [-0.05, 0) is 19.1 Å². The van der Waals surface area contributed by atoms with Crippen molar-refractivity contribution in [3.8, 4) is 0 Å². The zero-order valence-corrected chi connectivity index (χ0v) is 9.98. The number of ketones is 1. The molecule has 2 unspecified atom stereocenters. The van der Waals surface area contributed by atoms with E-state index in [1.165, 1.54) is 6.20 Å². The predicted octanol–water partition coefficient (Wildman–Crippen LogP) is -0.231. The molecule has 92 valence electrons. The zero-order chi connectivity index (χ0) is 12.7. The summed E-state index contributed by atoms with van der Waals surface area (Å²) in [4.78, 5) is 13.8. The fourth-order valence-corrected chi connectivity index (χ4v) is 3.08. The van der Waals surface area contributed by atoms with Gasteiger partial charge in [0, 0.05) is 12.8 Å². The van der Waals surface area contributed by atoms with Gasteiger partial charge in [0.15, 0.2) is 5.78 Å². The Hall–Kier alpha value is -1.31. The number of carbonyl (C=O) groups is 1. The summed E-state index contributed by atoms with van der Waals surface area (Å²) < 4.78 is 28.1. The van der Waals surface area contributed by atoms with Gasteiger partial charge in [0.05, 0.1) is 5.69 Å². The number of ether oxygens (including phenoxy) is 1. The van der Waals surface area contributed by atoms with Crippen LogP contribution in [-0.4, -0.2) is 30.7 Å². The highest BCUT2D eigenvalue weighted by Crippen LogP contribution is 2.52. The van der Waals surface area contributed by atoms with Crippen LogP contribution >= 0.6 is 0 Å². The summed E-state index contributed by atoms with van der Waals surface area (Å²) >= 11 is 0. The van der Waals surface area contributed by atoms with Crippen LogP contribution in [0.1, 0.15) is 18.5 Å². The van der Waals surface area contributed by atoms with Crippen LogP contribution < -0.4 is 5.14 Å². The minimum Gasteiger partial charge on any atom is -0.351 e. The molecular weight excluding hydrogens is 244 g/mol. The molecule has 1 aliphatic rings. The van der Waals surface area contributed by atoms with Gasteiger partial charge in [-0.3, -0.25) is 9.78 Å². The van der Waals surface area contributed by atoms with Crippen molar-refractivity contribution in [1.82, 2.24) is 4.98 Å². The number of sulfonamides is 1. The molecule has 6 nitrogen and oxygen atoms in total. The summed E-state index contributed by atoms with van der Waals surface area (Å²) in [5.74, 6) is -1.47. The molecule has 1 aliphatic carbocycles. The molecule has 0 aliphatic heterocycles. The molecule has 1 saturated carbocycles. The highest BCUT2D eigenvalue weighted by Gasteiger charge is 2.75. The molecule has 1 fully saturated rings. The quantitative estimate of drug-likeness (QED) is 0.802. The van der Waals surface area contributed by atoms with Crippen molar-refractivity contribution in [1.29, 1.82) is 0 Å². The zero-order valence-electron chi connectivity index (χ0n) is 9.16. The van der Waals surface area contributed by atoms with Crippen LogP contribution in [0.2, 0.25) is 0 Å². The van der Waals surface area contributed by atoms with Gasteiger partial charge in [0.1, 0.15) is 5.92 Å². The van der Waals surface area contributed by atoms with Gasteiger partial charge >= 0.3 is 0 Å². The standard InChI is InChI=1S/C10H12N2O4S/c1-2-16-10(17(11,14)15)8(9(10)13)7-5-3-4-6-12-7/h3-6,8H,2H2,1H3,(H2,11,14,15). The Labute approximate surface area is 98.8 Å². The molecule has 1 heterocycles. The van der Waals surface area contributed by atoms with Crippen LogP contribution in [0, 0.1) is 0 Å². The van der Waals surface area contributed by atoms with Crippen LogP contribution in [0.15, 0.2) is 24.4 Å². The van der Waals surface area contributed by atoms with Crippen molar-refractivity contribution in [3.05, 3.63) is 30.1 Å². The molecule has 1 aromatic heterocycles. The second-order valence-corrected chi connectivity index (χ2v) is 5.39. The first-order valence-electron chi connectivity index (χ1n) is 5.06. The van der Waals surface area contributed by atoms with E-state index in [4.69, 9.17) is 9.88 Å². The Morgan fingerprint density at radius 3 is 2.71 bits per heavy atom. The lowest BCUT2D eigenvalue weighted by Gasteiger charge is -2.12. The number of carbonyl (C=O) groups excluding carboxylic acids is 1. The highest BCUT2D eigenvalue weighted by molar-refractivity contribution is 7.92. The summed E-state index contributed by atoms with van der Waals surface area (Å²) in [5, 5.41) is 5.08. The Balaban J connectivity index is 2.44. The fraction of sp³-hybridized carbons (Fsp3) is 0.400. The number of nitrogens with two attached hydrogens (primary N) is 1. The van der Waals surface area contributed by atoms with Gasteiger partial charge in [0.25, 0.3) is 4.93 Å². The molecule has 2 atom stereocenters. The molecule has 0 radical (unpaired) electrons. The van der Waals surface area contributed by atoms with E-state index in [0.717, 1.165) is 0 Å². The number of pyridine rings is 1. The largest absolute Gasteiger partial charge is 0.351 e. The Morgan fingerprint density at radius 2 is 2.24 bits per heavy atom. The average molecular weight is 256 g/mol. The van der Waals surface area contributed by atoms with E-state index in [0.29, 0.717) is 5.69 Å². The van der Waals surface area contributed by atoms with Gasteiger partial charge in [-0.25, -0.2) is 13.6 Å². The first kappa shape index (κ1) is 12.2. The number of hydrogen-bond donors (Lipinski definition) is 1. The third-order valence-corrected chi connectivity index (χ3v) is 4.07. The molecule has 17 heavy (non-hydrogen) atoms. The van der Waals surface area contributed by atoms with Crippen LogP contribution in [0.5, 0.6) is 0 Å². The van der Waals surface area contributed by atoms with Crippen LogP contribution in [0.4, 0.5) is 0 Å². The lowest BCUT2D eigenvalue weighted by molar-refractivity contribution is -0.114. The fourth-order valence-electron chi connectivity index (χ4n) is 1.90. The molecule has 7 heteroatoms. The number of primary sulfonamides is 1. The van der Waals surface area contributed by atoms with Crippen molar-refractivity contribution in [3.63, 3.8) is 0 Å². The Morgan fingerprint density at radius 1 is 1.53 bits per heavy atom. The van der Waals surface area contributed by atoms with Crippen molar-refractivity contribution in [2.75, 3.05) is 6.61 Å². The minimum atomic E-state index is -4.11. The molecule has 2 N–H and O–H groups in total. The molecule has 0 amide bonds. The van der Waals surface area contributed by atoms with Crippen LogP contribution in [-0.2, 0) is 19.6 Å². The number of rotatable bonds is 4. The summed E-state index contributed by atoms with van der Waals surface area (Å²) in [7, 11) is -4.11. The molecule has 1 aromatic rings. The topological polar surface area (TPSA) is 99.4 Å². The van der Waals surface area contributed by atoms with Crippen molar-refractivity contribution in [2.45, 2.75) is 17.8 Å². The van der Waals surface area contributed by atoms with Gasteiger partial charge in [-0.15, -0.1) is 0 Å².